The van der Waals surface area contributed by atoms with E-state index >= 15 is 0 Å². The van der Waals surface area contributed by atoms with Gasteiger partial charge in [0, 0.05) is 4.47 Å². The normalized spacial score (nSPS) is 10.1. The van der Waals surface area contributed by atoms with Crippen LogP contribution in [-0.2, 0) is 6.42 Å². The van der Waals surface area contributed by atoms with Crippen LogP contribution in [0.25, 0.3) is 0 Å². The Kier molecular flexibility index (Phi) is 5.20. The Morgan fingerprint density at radius 2 is 2.05 bits per heavy atom. The molecular weight excluding hydrogens is 314 g/mol. The molecule has 2 aromatic rings. The summed E-state index contributed by atoms with van der Waals surface area (Å²) in [5.74, 6) is 0.653. The van der Waals surface area contributed by atoms with Gasteiger partial charge in [0.25, 0.3) is 0 Å². The summed E-state index contributed by atoms with van der Waals surface area (Å²) in [6.45, 7) is 2.71. The SMILES string of the molecule is Cc1cccc(CCCOc2ccc(Br)cc2C#N)c1. The largest absolute Gasteiger partial charge is 0.492 e. The van der Waals surface area contributed by atoms with Gasteiger partial charge < -0.3 is 4.74 Å². The molecule has 0 aromatic heterocycles. The van der Waals surface area contributed by atoms with E-state index in [2.05, 4.69) is 53.2 Å². The van der Waals surface area contributed by atoms with Crippen LogP contribution in [0, 0.1) is 18.3 Å². The Labute approximate surface area is 128 Å². The van der Waals surface area contributed by atoms with Crippen molar-refractivity contribution in [2.75, 3.05) is 6.61 Å². The fraction of sp³-hybridized carbons (Fsp3) is 0.235. The molecule has 0 atom stereocenters. The Bertz CT molecular complexity index is 631. The van der Waals surface area contributed by atoms with Gasteiger partial charge in [-0.1, -0.05) is 45.8 Å². The van der Waals surface area contributed by atoms with Crippen LogP contribution < -0.4 is 4.74 Å². The highest BCUT2D eigenvalue weighted by Gasteiger charge is 2.03. The lowest BCUT2D eigenvalue weighted by atomic mass is 10.1. The number of ether oxygens (including phenoxy) is 1. The zero-order valence-electron chi connectivity index (χ0n) is 11.4. The fourth-order valence-electron chi connectivity index (χ4n) is 2.04. The van der Waals surface area contributed by atoms with Crippen molar-refractivity contribution in [3.8, 4) is 11.8 Å². The highest BCUT2D eigenvalue weighted by Crippen LogP contribution is 2.22. The minimum absolute atomic E-state index is 0.565. The Hall–Kier alpha value is -1.79. The van der Waals surface area contributed by atoms with Gasteiger partial charge in [-0.2, -0.15) is 5.26 Å². The van der Waals surface area contributed by atoms with Gasteiger partial charge in [0.1, 0.15) is 11.8 Å². The van der Waals surface area contributed by atoms with Gasteiger partial charge in [-0.3, -0.25) is 0 Å². The van der Waals surface area contributed by atoms with Crippen LogP contribution in [-0.4, -0.2) is 6.61 Å². The van der Waals surface area contributed by atoms with E-state index in [1.165, 1.54) is 11.1 Å². The summed E-state index contributed by atoms with van der Waals surface area (Å²) in [5, 5.41) is 9.06. The van der Waals surface area contributed by atoms with Crippen LogP contribution >= 0.6 is 15.9 Å². The van der Waals surface area contributed by atoms with Crippen molar-refractivity contribution in [3.05, 3.63) is 63.6 Å². The second-order valence-electron chi connectivity index (χ2n) is 4.69. The van der Waals surface area contributed by atoms with Crippen LogP contribution in [0.2, 0.25) is 0 Å². The molecule has 3 heteroatoms. The van der Waals surface area contributed by atoms with E-state index in [0.717, 1.165) is 17.3 Å². The second-order valence-corrected chi connectivity index (χ2v) is 5.61. The topological polar surface area (TPSA) is 33.0 Å². The van der Waals surface area contributed by atoms with Crippen molar-refractivity contribution in [1.29, 1.82) is 5.26 Å². The van der Waals surface area contributed by atoms with Gasteiger partial charge in [0.05, 0.1) is 12.2 Å². The van der Waals surface area contributed by atoms with Crippen molar-refractivity contribution >= 4 is 15.9 Å². The minimum Gasteiger partial charge on any atom is -0.492 e. The van der Waals surface area contributed by atoms with Gasteiger partial charge in [-0.05, 0) is 43.5 Å². The lowest BCUT2D eigenvalue weighted by Crippen LogP contribution is -2.01. The number of hydrogen-bond acceptors (Lipinski definition) is 2. The zero-order chi connectivity index (χ0) is 14.4. The summed E-state index contributed by atoms with van der Waals surface area (Å²) in [4.78, 5) is 0. The first-order valence-corrected chi connectivity index (χ1v) is 7.36. The molecule has 0 fully saturated rings. The molecule has 20 heavy (non-hydrogen) atoms. The molecule has 0 radical (unpaired) electrons. The molecule has 0 bridgehead atoms. The van der Waals surface area contributed by atoms with E-state index in [1.54, 1.807) is 6.07 Å². The summed E-state index contributed by atoms with van der Waals surface area (Å²) >= 11 is 3.35. The van der Waals surface area contributed by atoms with Crippen LogP contribution in [0.15, 0.2) is 46.9 Å². The molecule has 0 unspecified atom stereocenters. The number of benzene rings is 2. The van der Waals surface area contributed by atoms with Crippen LogP contribution in [0.1, 0.15) is 23.1 Å². The van der Waals surface area contributed by atoms with Crippen molar-refractivity contribution in [2.24, 2.45) is 0 Å². The van der Waals surface area contributed by atoms with E-state index in [0.29, 0.717) is 17.9 Å². The first-order chi connectivity index (χ1) is 9.69. The summed E-state index contributed by atoms with van der Waals surface area (Å²) in [5.41, 5.74) is 3.17. The highest BCUT2D eigenvalue weighted by atomic mass is 79.9. The number of nitrogens with zero attached hydrogens (tertiary/aromatic N) is 1. The predicted octanol–water partition coefficient (Wildman–Crippen LogP) is 4.64. The molecule has 0 amide bonds. The van der Waals surface area contributed by atoms with E-state index in [9.17, 15) is 0 Å². The maximum atomic E-state index is 9.06. The lowest BCUT2D eigenvalue weighted by molar-refractivity contribution is 0.310. The maximum Gasteiger partial charge on any atom is 0.137 e. The van der Waals surface area contributed by atoms with E-state index in [-0.39, 0.29) is 0 Å². The molecular formula is C17H16BrNO. The number of rotatable bonds is 5. The van der Waals surface area contributed by atoms with Crippen molar-refractivity contribution < 1.29 is 4.74 Å². The zero-order valence-corrected chi connectivity index (χ0v) is 13.0. The Morgan fingerprint density at radius 1 is 1.20 bits per heavy atom. The molecule has 102 valence electrons. The number of halogens is 1. The highest BCUT2D eigenvalue weighted by molar-refractivity contribution is 9.10. The number of nitriles is 1. The smallest absolute Gasteiger partial charge is 0.137 e. The molecule has 0 heterocycles. The molecule has 0 aliphatic rings. The van der Waals surface area contributed by atoms with Gasteiger partial charge in [0.2, 0.25) is 0 Å². The third kappa shape index (κ3) is 4.11. The lowest BCUT2D eigenvalue weighted by Gasteiger charge is -2.08. The third-order valence-corrected chi connectivity index (χ3v) is 3.51. The molecule has 0 aliphatic carbocycles. The fourth-order valence-corrected chi connectivity index (χ4v) is 2.40. The molecule has 2 nitrogen and oxygen atoms in total. The first kappa shape index (κ1) is 14.6. The molecule has 0 saturated heterocycles. The molecule has 0 aliphatic heterocycles. The maximum absolute atomic E-state index is 9.06. The van der Waals surface area contributed by atoms with Crippen molar-refractivity contribution in [2.45, 2.75) is 19.8 Å². The van der Waals surface area contributed by atoms with Crippen LogP contribution in [0.4, 0.5) is 0 Å². The summed E-state index contributed by atoms with van der Waals surface area (Å²) in [6.07, 6.45) is 1.92. The third-order valence-electron chi connectivity index (χ3n) is 3.01. The van der Waals surface area contributed by atoms with E-state index in [1.807, 2.05) is 12.1 Å². The molecule has 2 rings (SSSR count). The summed E-state index contributed by atoms with van der Waals surface area (Å²) in [7, 11) is 0. The first-order valence-electron chi connectivity index (χ1n) is 6.57. The molecule has 2 aromatic carbocycles. The number of aryl methyl sites for hydroxylation is 2. The standard InChI is InChI=1S/C17H16BrNO/c1-13-4-2-5-14(10-13)6-3-9-20-17-8-7-16(18)11-15(17)12-19/h2,4-5,7-8,10-11H,3,6,9H2,1H3. The quantitative estimate of drug-likeness (QED) is 0.748. The van der Waals surface area contributed by atoms with Crippen molar-refractivity contribution in [1.82, 2.24) is 0 Å². The van der Waals surface area contributed by atoms with Gasteiger partial charge >= 0.3 is 0 Å². The van der Waals surface area contributed by atoms with Crippen LogP contribution in [0.5, 0.6) is 5.75 Å². The molecule has 0 saturated carbocycles. The van der Waals surface area contributed by atoms with E-state index in [4.69, 9.17) is 10.00 Å². The van der Waals surface area contributed by atoms with Crippen molar-refractivity contribution in [3.63, 3.8) is 0 Å². The minimum atomic E-state index is 0.565. The van der Waals surface area contributed by atoms with E-state index < -0.39 is 0 Å². The predicted molar refractivity (Wildman–Crippen MR) is 83.9 cm³/mol. The van der Waals surface area contributed by atoms with Gasteiger partial charge in [0.15, 0.2) is 0 Å². The Balaban J connectivity index is 1.86. The van der Waals surface area contributed by atoms with Gasteiger partial charge in [-0.15, -0.1) is 0 Å². The monoisotopic (exact) mass is 329 g/mol. The second kappa shape index (κ2) is 7.12. The summed E-state index contributed by atoms with van der Waals surface area (Å²) < 4.78 is 6.58. The molecule has 0 spiro atoms. The Morgan fingerprint density at radius 3 is 2.80 bits per heavy atom. The van der Waals surface area contributed by atoms with Crippen LogP contribution in [0.3, 0.4) is 0 Å². The summed E-state index contributed by atoms with van der Waals surface area (Å²) in [6, 6.07) is 16.1. The average Bonchev–Trinajstić information content (AvgIpc) is 2.45. The molecule has 0 N–H and O–H groups in total. The average molecular weight is 330 g/mol. The van der Waals surface area contributed by atoms with Gasteiger partial charge in [-0.25, -0.2) is 0 Å². The number of hydrogen-bond donors (Lipinski definition) is 0.